The molecule has 0 fully saturated rings. The van der Waals surface area contributed by atoms with E-state index in [2.05, 4.69) is 32.6 Å². The molecule has 0 aliphatic carbocycles. The SMILES string of the molecule is Fc1cccc(C2=NC(Cc3ccc(I)cc3)C=N2)c1F. The van der Waals surface area contributed by atoms with Crippen molar-refractivity contribution in [3.63, 3.8) is 0 Å². The van der Waals surface area contributed by atoms with Crippen molar-refractivity contribution in [3.8, 4) is 0 Å². The molecule has 3 rings (SSSR count). The minimum absolute atomic E-state index is 0.108. The van der Waals surface area contributed by atoms with Gasteiger partial charge in [0.15, 0.2) is 17.5 Å². The molecule has 2 aromatic carbocycles. The molecule has 1 aliphatic rings. The first-order chi connectivity index (χ1) is 10.1. The molecule has 2 nitrogen and oxygen atoms in total. The van der Waals surface area contributed by atoms with Gasteiger partial charge in [-0.05, 0) is 58.8 Å². The van der Waals surface area contributed by atoms with E-state index < -0.39 is 11.6 Å². The van der Waals surface area contributed by atoms with Crippen molar-refractivity contribution < 1.29 is 8.78 Å². The fraction of sp³-hybridized carbons (Fsp3) is 0.125. The summed E-state index contributed by atoms with van der Waals surface area (Å²) in [6.45, 7) is 0. The highest BCUT2D eigenvalue weighted by Crippen LogP contribution is 2.18. The lowest BCUT2D eigenvalue weighted by Crippen LogP contribution is -2.08. The average Bonchev–Trinajstić information content (AvgIpc) is 2.93. The van der Waals surface area contributed by atoms with Crippen LogP contribution >= 0.6 is 22.6 Å². The van der Waals surface area contributed by atoms with Crippen LogP contribution in [0.1, 0.15) is 11.1 Å². The van der Waals surface area contributed by atoms with Crippen LogP contribution in [0.25, 0.3) is 0 Å². The molecule has 0 aromatic heterocycles. The van der Waals surface area contributed by atoms with E-state index in [1.807, 2.05) is 24.3 Å². The monoisotopic (exact) mass is 396 g/mol. The van der Waals surface area contributed by atoms with Crippen molar-refractivity contribution in [2.75, 3.05) is 0 Å². The number of hydrogen-bond acceptors (Lipinski definition) is 2. The van der Waals surface area contributed by atoms with Crippen LogP contribution in [0.3, 0.4) is 0 Å². The summed E-state index contributed by atoms with van der Waals surface area (Å²) >= 11 is 2.25. The first-order valence-corrected chi connectivity index (χ1v) is 7.52. The molecule has 0 bridgehead atoms. The Morgan fingerprint density at radius 3 is 2.57 bits per heavy atom. The van der Waals surface area contributed by atoms with Crippen molar-refractivity contribution >= 4 is 34.6 Å². The Bertz CT molecular complexity index is 724. The molecule has 0 saturated heterocycles. The quantitative estimate of drug-likeness (QED) is 0.701. The molecule has 21 heavy (non-hydrogen) atoms. The van der Waals surface area contributed by atoms with Gasteiger partial charge in [0, 0.05) is 9.78 Å². The van der Waals surface area contributed by atoms with Crippen LogP contribution in [0.2, 0.25) is 0 Å². The second-order valence-corrected chi connectivity index (χ2v) is 5.98. The third-order valence-corrected chi connectivity index (χ3v) is 3.93. The van der Waals surface area contributed by atoms with E-state index >= 15 is 0 Å². The maximum atomic E-state index is 13.7. The van der Waals surface area contributed by atoms with Gasteiger partial charge >= 0.3 is 0 Å². The normalized spacial score (nSPS) is 17.1. The third-order valence-electron chi connectivity index (χ3n) is 3.21. The molecule has 106 valence electrons. The van der Waals surface area contributed by atoms with E-state index in [1.165, 1.54) is 15.7 Å². The molecule has 0 spiro atoms. The molecular formula is C16H11F2IN2. The summed E-state index contributed by atoms with van der Waals surface area (Å²) < 4.78 is 28.1. The Labute approximate surface area is 134 Å². The second-order valence-electron chi connectivity index (χ2n) is 4.73. The van der Waals surface area contributed by atoms with Gasteiger partial charge in [-0.1, -0.05) is 18.2 Å². The second kappa shape index (κ2) is 6.01. The summed E-state index contributed by atoms with van der Waals surface area (Å²) in [5.41, 5.74) is 1.24. The highest BCUT2D eigenvalue weighted by atomic mass is 127. The molecule has 1 atom stereocenters. The van der Waals surface area contributed by atoms with E-state index in [-0.39, 0.29) is 17.4 Å². The molecule has 1 unspecified atom stereocenters. The first kappa shape index (κ1) is 14.3. The molecule has 0 saturated carbocycles. The number of rotatable bonds is 3. The van der Waals surface area contributed by atoms with Gasteiger partial charge in [0.05, 0.1) is 11.6 Å². The zero-order valence-electron chi connectivity index (χ0n) is 10.9. The molecule has 0 amide bonds. The largest absolute Gasteiger partial charge is 0.257 e. The van der Waals surface area contributed by atoms with Gasteiger partial charge in [-0.3, -0.25) is 4.99 Å². The minimum atomic E-state index is -0.900. The topological polar surface area (TPSA) is 24.7 Å². The van der Waals surface area contributed by atoms with Crippen LogP contribution in [0.5, 0.6) is 0 Å². The summed E-state index contributed by atoms with van der Waals surface area (Å²) in [5, 5.41) is 0. The van der Waals surface area contributed by atoms with Gasteiger partial charge in [-0.15, -0.1) is 0 Å². The summed E-state index contributed by atoms with van der Waals surface area (Å²) in [6, 6.07) is 12.0. The van der Waals surface area contributed by atoms with E-state index in [0.717, 1.165) is 11.6 Å². The van der Waals surface area contributed by atoms with Crippen LogP contribution in [0.15, 0.2) is 52.4 Å². The predicted molar refractivity (Wildman–Crippen MR) is 88.0 cm³/mol. The Balaban J connectivity index is 1.80. The maximum absolute atomic E-state index is 13.7. The lowest BCUT2D eigenvalue weighted by Gasteiger charge is -2.04. The van der Waals surface area contributed by atoms with Crippen LogP contribution < -0.4 is 0 Å². The van der Waals surface area contributed by atoms with Crippen LogP contribution in [-0.4, -0.2) is 18.1 Å². The number of amidine groups is 1. The van der Waals surface area contributed by atoms with Crippen molar-refractivity contribution in [2.45, 2.75) is 12.5 Å². The predicted octanol–water partition coefficient (Wildman–Crippen LogP) is 4.01. The van der Waals surface area contributed by atoms with E-state index in [9.17, 15) is 8.78 Å². The van der Waals surface area contributed by atoms with Crippen molar-refractivity contribution in [2.24, 2.45) is 9.98 Å². The smallest absolute Gasteiger partial charge is 0.169 e. The molecule has 2 aromatic rings. The van der Waals surface area contributed by atoms with Gasteiger partial charge in [-0.25, -0.2) is 13.8 Å². The highest BCUT2D eigenvalue weighted by molar-refractivity contribution is 14.1. The lowest BCUT2D eigenvalue weighted by atomic mass is 10.1. The van der Waals surface area contributed by atoms with E-state index in [0.29, 0.717) is 6.42 Å². The maximum Gasteiger partial charge on any atom is 0.169 e. The van der Waals surface area contributed by atoms with Gasteiger partial charge in [0.1, 0.15) is 0 Å². The molecule has 1 heterocycles. The number of aliphatic imine (C=N–C) groups is 2. The summed E-state index contributed by atoms with van der Waals surface area (Å²) in [4.78, 5) is 8.48. The minimum Gasteiger partial charge on any atom is -0.257 e. The van der Waals surface area contributed by atoms with E-state index in [4.69, 9.17) is 0 Å². The molecule has 5 heteroatoms. The number of hydrogen-bond donors (Lipinski definition) is 0. The van der Waals surface area contributed by atoms with Gasteiger partial charge in [-0.2, -0.15) is 0 Å². The average molecular weight is 396 g/mol. The molecular weight excluding hydrogens is 385 g/mol. The Kier molecular flexibility index (Phi) is 4.10. The van der Waals surface area contributed by atoms with Crippen LogP contribution in [0.4, 0.5) is 8.78 Å². The number of nitrogens with zero attached hydrogens (tertiary/aromatic N) is 2. The van der Waals surface area contributed by atoms with Gasteiger partial charge in [0.2, 0.25) is 0 Å². The van der Waals surface area contributed by atoms with Crippen LogP contribution in [0, 0.1) is 15.2 Å². The highest BCUT2D eigenvalue weighted by Gasteiger charge is 2.18. The summed E-state index contributed by atoms with van der Waals surface area (Å²) in [5.74, 6) is -1.53. The fourth-order valence-corrected chi connectivity index (χ4v) is 2.52. The Hall–Kier alpha value is -1.63. The molecule has 1 aliphatic heterocycles. The molecule has 0 radical (unpaired) electrons. The number of halogens is 3. The van der Waals surface area contributed by atoms with Crippen molar-refractivity contribution in [1.82, 2.24) is 0 Å². The van der Waals surface area contributed by atoms with Crippen LogP contribution in [-0.2, 0) is 6.42 Å². The summed E-state index contributed by atoms with van der Waals surface area (Å²) in [7, 11) is 0. The van der Waals surface area contributed by atoms with Gasteiger partial charge < -0.3 is 0 Å². The fourth-order valence-electron chi connectivity index (χ4n) is 2.16. The lowest BCUT2D eigenvalue weighted by molar-refractivity contribution is 0.507. The third kappa shape index (κ3) is 3.18. The Morgan fingerprint density at radius 1 is 1.05 bits per heavy atom. The van der Waals surface area contributed by atoms with Crippen molar-refractivity contribution in [3.05, 3.63) is 68.8 Å². The standard InChI is InChI=1S/C16H11F2IN2/c17-14-3-1-2-13(15(14)18)16-20-9-12(21-16)8-10-4-6-11(19)7-5-10/h1-7,9,12H,8H2. The Morgan fingerprint density at radius 2 is 1.81 bits per heavy atom. The summed E-state index contributed by atoms with van der Waals surface area (Å²) in [6.07, 6.45) is 2.37. The number of benzene rings is 2. The van der Waals surface area contributed by atoms with Gasteiger partial charge in [0.25, 0.3) is 0 Å². The zero-order chi connectivity index (χ0) is 14.8. The first-order valence-electron chi connectivity index (χ1n) is 6.44. The van der Waals surface area contributed by atoms with E-state index in [1.54, 1.807) is 6.21 Å². The zero-order valence-corrected chi connectivity index (χ0v) is 13.1. The molecule has 0 N–H and O–H groups in total. The van der Waals surface area contributed by atoms with Crippen molar-refractivity contribution in [1.29, 1.82) is 0 Å².